The summed E-state index contributed by atoms with van der Waals surface area (Å²) in [6.45, 7) is 2.94. The van der Waals surface area contributed by atoms with Gasteiger partial charge in [-0.2, -0.15) is 11.8 Å². The van der Waals surface area contributed by atoms with E-state index >= 15 is 0 Å². The Hall–Kier alpha value is -1.11. The highest BCUT2D eigenvalue weighted by Crippen LogP contribution is 2.26. The third-order valence-electron chi connectivity index (χ3n) is 3.76. The monoisotopic (exact) mass is 326 g/mol. The molecule has 1 heterocycles. The van der Waals surface area contributed by atoms with Crippen LogP contribution in [0.3, 0.4) is 0 Å². The molecule has 1 aliphatic rings. The van der Waals surface area contributed by atoms with Crippen LogP contribution in [0.25, 0.3) is 0 Å². The molecule has 2 rings (SSSR count). The topological polar surface area (TPSA) is 55.6 Å². The number of halogens is 1. The van der Waals surface area contributed by atoms with Crippen LogP contribution in [0.15, 0.2) is 24.3 Å². The predicted octanol–water partition coefficient (Wildman–Crippen LogP) is 2.19. The van der Waals surface area contributed by atoms with Gasteiger partial charge in [0.05, 0.1) is 18.7 Å². The second-order valence-electron chi connectivity index (χ2n) is 5.62. The van der Waals surface area contributed by atoms with Crippen LogP contribution in [-0.4, -0.2) is 48.1 Å². The number of carbonyl (C=O) groups is 1. The van der Waals surface area contributed by atoms with Gasteiger partial charge in [0.1, 0.15) is 11.9 Å². The maximum absolute atomic E-state index is 13.0. The molecule has 0 saturated carbocycles. The van der Waals surface area contributed by atoms with E-state index in [0.29, 0.717) is 19.5 Å². The van der Waals surface area contributed by atoms with Gasteiger partial charge in [-0.25, -0.2) is 4.39 Å². The Balaban J connectivity index is 2.04. The van der Waals surface area contributed by atoms with Crippen LogP contribution in [0.1, 0.15) is 25.0 Å². The number of thioether (sulfide) groups is 1. The minimum Gasteiger partial charge on any atom is -0.367 e. The van der Waals surface area contributed by atoms with E-state index in [0.717, 1.165) is 11.3 Å². The van der Waals surface area contributed by atoms with E-state index in [9.17, 15) is 9.18 Å². The molecule has 0 radical (unpaired) electrons. The predicted molar refractivity (Wildman–Crippen MR) is 87.2 cm³/mol. The normalized spacial score (nSPS) is 23.4. The molecule has 0 bridgehead atoms. The number of ether oxygens (including phenoxy) is 1. The van der Waals surface area contributed by atoms with Gasteiger partial charge in [0, 0.05) is 6.54 Å². The fourth-order valence-electron chi connectivity index (χ4n) is 2.60. The van der Waals surface area contributed by atoms with E-state index in [4.69, 9.17) is 10.5 Å². The molecule has 1 amide bonds. The standard InChI is InChI=1S/C16H23FN2O2S/c1-11-9-19(16(20)14(18)7-8-22-2)10-15(21-11)12-3-5-13(17)6-4-12/h3-6,11,14-15H,7-10,18H2,1-2H3/t11-,14-,15+/m0/s1. The van der Waals surface area contributed by atoms with Crippen molar-refractivity contribution in [2.24, 2.45) is 5.73 Å². The molecular formula is C16H23FN2O2S. The number of morpholine rings is 1. The van der Waals surface area contributed by atoms with Gasteiger partial charge in [-0.3, -0.25) is 4.79 Å². The van der Waals surface area contributed by atoms with Crippen molar-refractivity contribution in [3.05, 3.63) is 35.6 Å². The summed E-state index contributed by atoms with van der Waals surface area (Å²) in [4.78, 5) is 14.2. The van der Waals surface area contributed by atoms with Gasteiger partial charge < -0.3 is 15.4 Å². The summed E-state index contributed by atoms with van der Waals surface area (Å²) < 4.78 is 18.9. The van der Waals surface area contributed by atoms with Gasteiger partial charge in [-0.05, 0) is 43.0 Å². The van der Waals surface area contributed by atoms with E-state index in [1.54, 1.807) is 28.8 Å². The number of nitrogens with zero attached hydrogens (tertiary/aromatic N) is 1. The molecule has 4 nitrogen and oxygen atoms in total. The molecule has 1 aromatic rings. The van der Waals surface area contributed by atoms with Crippen molar-refractivity contribution in [1.82, 2.24) is 4.90 Å². The van der Waals surface area contributed by atoms with Gasteiger partial charge in [0.25, 0.3) is 0 Å². The zero-order valence-corrected chi connectivity index (χ0v) is 13.8. The highest BCUT2D eigenvalue weighted by Gasteiger charge is 2.31. The van der Waals surface area contributed by atoms with Crippen molar-refractivity contribution < 1.29 is 13.9 Å². The second-order valence-corrected chi connectivity index (χ2v) is 6.60. The first-order valence-electron chi connectivity index (χ1n) is 7.45. The molecule has 0 aliphatic carbocycles. The van der Waals surface area contributed by atoms with Crippen molar-refractivity contribution in [3.63, 3.8) is 0 Å². The molecule has 1 fully saturated rings. The maximum atomic E-state index is 13.0. The second kappa shape index (κ2) is 7.94. The minimum atomic E-state index is -0.466. The maximum Gasteiger partial charge on any atom is 0.239 e. The van der Waals surface area contributed by atoms with Gasteiger partial charge in [-0.15, -0.1) is 0 Å². The summed E-state index contributed by atoms with van der Waals surface area (Å²) in [5, 5.41) is 0. The first-order valence-corrected chi connectivity index (χ1v) is 8.85. The molecule has 0 spiro atoms. The third-order valence-corrected chi connectivity index (χ3v) is 4.41. The fraction of sp³-hybridized carbons (Fsp3) is 0.562. The summed E-state index contributed by atoms with van der Waals surface area (Å²) in [5.41, 5.74) is 6.87. The highest BCUT2D eigenvalue weighted by atomic mass is 32.2. The average Bonchev–Trinajstić information content (AvgIpc) is 2.52. The smallest absolute Gasteiger partial charge is 0.239 e. The Labute approximate surface area is 135 Å². The zero-order chi connectivity index (χ0) is 16.1. The van der Waals surface area contributed by atoms with Crippen molar-refractivity contribution >= 4 is 17.7 Å². The molecule has 3 atom stereocenters. The summed E-state index contributed by atoms with van der Waals surface area (Å²) >= 11 is 1.68. The molecule has 0 aromatic heterocycles. The number of benzene rings is 1. The lowest BCUT2D eigenvalue weighted by molar-refractivity contribution is -0.146. The Bertz CT molecular complexity index is 497. The molecule has 6 heteroatoms. The summed E-state index contributed by atoms with van der Waals surface area (Å²) in [7, 11) is 0. The van der Waals surface area contributed by atoms with Gasteiger partial charge in [-0.1, -0.05) is 12.1 Å². The number of carbonyl (C=O) groups excluding carboxylic acids is 1. The lowest BCUT2D eigenvalue weighted by atomic mass is 10.1. The Morgan fingerprint density at radius 2 is 2.14 bits per heavy atom. The lowest BCUT2D eigenvalue weighted by Crippen LogP contribution is -2.51. The lowest BCUT2D eigenvalue weighted by Gasteiger charge is -2.38. The van der Waals surface area contributed by atoms with Gasteiger partial charge in [0.2, 0.25) is 5.91 Å². The van der Waals surface area contributed by atoms with Crippen LogP contribution in [0.4, 0.5) is 4.39 Å². The van der Waals surface area contributed by atoms with Crippen LogP contribution in [0.5, 0.6) is 0 Å². The van der Waals surface area contributed by atoms with Crippen LogP contribution in [0, 0.1) is 5.82 Å². The fourth-order valence-corrected chi connectivity index (χ4v) is 3.09. The Kier molecular flexibility index (Phi) is 6.23. The van der Waals surface area contributed by atoms with Crippen molar-refractivity contribution in [2.45, 2.75) is 31.6 Å². The van der Waals surface area contributed by atoms with Crippen molar-refractivity contribution in [2.75, 3.05) is 25.1 Å². The van der Waals surface area contributed by atoms with Crippen molar-refractivity contribution in [3.8, 4) is 0 Å². The molecule has 22 heavy (non-hydrogen) atoms. The SMILES string of the molecule is CSCC[C@H](N)C(=O)N1C[C@H](C)O[C@@H](c2ccc(F)cc2)C1. The average molecular weight is 326 g/mol. The number of hydrogen-bond donors (Lipinski definition) is 1. The molecule has 1 aromatic carbocycles. The first kappa shape index (κ1) is 17.2. The summed E-state index contributed by atoms with van der Waals surface area (Å²) in [6, 6.07) is 5.76. The van der Waals surface area contributed by atoms with E-state index in [1.807, 2.05) is 13.2 Å². The Morgan fingerprint density at radius 3 is 2.77 bits per heavy atom. The first-order chi connectivity index (χ1) is 10.5. The van der Waals surface area contributed by atoms with Crippen LogP contribution in [-0.2, 0) is 9.53 Å². The molecule has 1 saturated heterocycles. The number of rotatable bonds is 5. The number of hydrogen-bond acceptors (Lipinski definition) is 4. The quantitative estimate of drug-likeness (QED) is 0.901. The molecule has 122 valence electrons. The largest absolute Gasteiger partial charge is 0.367 e. The molecular weight excluding hydrogens is 303 g/mol. The highest BCUT2D eigenvalue weighted by molar-refractivity contribution is 7.98. The van der Waals surface area contributed by atoms with Gasteiger partial charge in [0.15, 0.2) is 0 Å². The van der Waals surface area contributed by atoms with E-state index in [-0.39, 0.29) is 23.9 Å². The van der Waals surface area contributed by atoms with Crippen LogP contribution in [0.2, 0.25) is 0 Å². The zero-order valence-electron chi connectivity index (χ0n) is 13.0. The molecule has 1 aliphatic heterocycles. The van der Waals surface area contributed by atoms with E-state index < -0.39 is 6.04 Å². The third kappa shape index (κ3) is 4.44. The number of amides is 1. The summed E-state index contributed by atoms with van der Waals surface area (Å²) in [6.07, 6.45) is 2.37. The Morgan fingerprint density at radius 1 is 1.45 bits per heavy atom. The van der Waals surface area contributed by atoms with Crippen LogP contribution < -0.4 is 5.73 Å². The summed E-state index contributed by atoms with van der Waals surface area (Å²) in [5.74, 6) is 0.560. The minimum absolute atomic E-state index is 0.0312. The van der Waals surface area contributed by atoms with Gasteiger partial charge >= 0.3 is 0 Å². The van der Waals surface area contributed by atoms with E-state index in [1.165, 1.54) is 12.1 Å². The van der Waals surface area contributed by atoms with Crippen molar-refractivity contribution in [1.29, 1.82) is 0 Å². The van der Waals surface area contributed by atoms with Crippen LogP contribution >= 0.6 is 11.8 Å². The number of nitrogens with two attached hydrogens (primary N) is 1. The van der Waals surface area contributed by atoms with E-state index in [2.05, 4.69) is 0 Å². The molecule has 0 unspecified atom stereocenters. The molecule has 2 N–H and O–H groups in total.